The molecule has 8 heteroatoms. The normalized spacial score (nSPS) is 11.7. The molecule has 2 aromatic carbocycles. The summed E-state index contributed by atoms with van der Waals surface area (Å²) < 4.78 is 32.9. The van der Waals surface area contributed by atoms with Crippen LogP contribution in [0.15, 0.2) is 42.5 Å². The predicted molar refractivity (Wildman–Crippen MR) is 99.7 cm³/mol. The van der Waals surface area contributed by atoms with E-state index in [1.165, 1.54) is 4.31 Å². The Morgan fingerprint density at radius 3 is 2.48 bits per heavy atom. The third-order valence-corrected chi connectivity index (χ3v) is 5.35. The molecule has 3 aromatic rings. The third kappa shape index (κ3) is 3.43. The fourth-order valence-electron chi connectivity index (χ4n) is 2.67. The Morgan fingerprint density at radius 2 is 1.88 bits per heavy atom. The lowest BCUT2D eigenvalue weighted by molar-refractivity contribution is 0.414. The van der Waals surface area contributed by atoms with Gasteiger partial charge in [0.1, 0.15) is 5.75 Å². The second-order valence-corrected chi connectivity index (χ2v) is 8.01. The number of aromatic nitrogens is 2. The Balaban J connectivity index is 2.11. The van der Waals surface area contributed by atoms with Crippen LogP contribution in [0.3, 0.4) is 0 Å². The molecule has 0 aliphatic rings. The lowest BCUT2D eigenvalue weighted by Gasteiger charge is -2.20. The van der Waals surface area contributed by atoms with E-state index >= 15 is 0 Å². The van der Waals surface area contributed by atoms with Crippen LogP contribution in [0.4, 0.5) is 5.82 Å². The topological polar surface area (TPSA) is 64.4 Å². The lowest BCUT2D eigenvalue weighted by atomic mass is 10.2. The molecule has 25 heavy (non-hydrogen) atoms. The number of anilines is 1. The van der Waals surface area contributed by atoms with Crippen LogP contribution in [-0.2, 0) is 23.6 Å². The number of benzene rings is 2. The first-order valence-electron chi connectivity index (χ1n) is 7.53. The lowest BCUT2D eigenvalue weighted by Crippen LogP contribution is -2.30. The van der Waals surface area contributed by atoms with Gasteiger partial charge in [-0.2, -0.15) is 5.10 Å². The zero-order valence-corrected chi connectivity index (χ0v) is 15.7. The molecule has 0 amide bonds. The van der Waals surface area contributed by atoms with E-state index in [2.05, 4.69) is 5.10 Å². The van der Waals surface area contributed by atoms with Gasteiger partial charge in [-0.3, -0.25) is 4.68 Å². The molecular formula is C17H18ClN3O3S. The van der Waals surface area contributed by atoms with Crippen molar-refractivity contribution in [3.63, 3.8) is 0 Å². The first-order valence-corrected chi connectivity index (χ1v) is 9.75. The molecule has 0 atom stereocenters. The number of nitrogens with zero attached hydrogens (tertiary/aromatic N) is 3. The van der Waals surface area contributed by atoms with E-state index in [1.807, 2.05) is 24.3 Å². The largest absolute Gasteiger partial charge is 0.497 e. The van der Waals surface area contributed by atoms with E-state index < -0.39 is 10.0 Å². The highest BCUT2D eigenvalue weighted by atomic mass is 35.5. The van der Waals surface area contributed by atoms with Crippen molar-refractivity contribution in [1.82, 2.24) is 9.78 Å². The van der Waals surface area contributed by atoms with Gasteiger partial charge in [-0.15, -0.1) is 0 Å². The highest BCUT2D eigenvalue weighted by Gasteiger charge is 2.25. The summed E-state index contributed by atoms with van der Waals surface area (Å²) in [5.41, 5.74) is 1.59. The van der Waals surface area contributed by atoms with Crippen molar-refractivity contribution in [2.24, 2.45) is 7.05 Å². The monoisotopic (exact) mass is 379 g/mol. The quantitative estimate of drug-likeness (QED) is 0.682. The first-order chi connectivity index (χ1) is 11.8. The van der Waals surface area contributed by atoms with Gasteiger partial charge in [0, 0.05) is 7.05 Å². The van der Waals surface area contributed by atoms with E-state index in [4.69, 9.17) is 16.3 Å². The zero-order valence-electron chi connectivity index (χ0n) is 14.1. The molecule has 1 heterocycles. The number of sulfonamides is 1. The average molecular weight is 380 g/mol. The van der Waals surface area contributed by atoms with Crippen molar-refractivity contribution >= 4 is 38.3 Å². The minimum atomic E-state index is -3.56. The summed E-state index contributed by atoms with van der Waals surface area (Å²) in [4.78, 5) is 0. The Bertz CT molecular complexity index is 1010. The number of aryl methyl sites for hydroxylation is 1. The van der Waals surface area contributed by atoms with Crippen LogP contribution >= 0.6 is 11.6 Å². The van der Waals surface area contributed by atoms with Gasteiger partial charge in [0.25, 0.3) is 0 Å². The van der Waals surface area contributed by atoms with Crippen molar-refractivity contribution in [2.75, 3.05) is 17.7 Å². The van der Waals surface area contributed by atoms with E-state index in [1.54, 1.807) is 37.0 Å². The first kappa shape index (κ1) is 17.6. The maximum Gasteiger partial charge on any atom is 0.233 e. The molecule has 0 unspecified atom stereocenters. The van der Waals surface area contributed by atoms with E-state index in [-0.39, 0.29) is 6.54 Å². The Morgan fingerprint density at radius 1 is 1.20 bits per heavy atom. The fourth-order valence-corrected chi connectivity index (χ4v) is 3.75. The predicted octanol–water partition coefficient (Wildman–Crippen LogP) is 3.20. The van der Waals surface area contributed by atoms with Crippen LogP contribution in [-0.4, -0.2) is 31.6 Å². The molecule has 132 valence electrons. The van der Waals surface area contributed by atoms with Gasteiger partial charge in [-0.25, -0.2) is 12.7 Å². The number of hydrogen-bond acceptors (Lipinski definition) is 4. The third-order valence-electron chi connectivity index (χ3n) is 3.93. The number of methoxy groups -OCH3 is 1. The minimum Gasteiger partial charge on any atom is -0.497 e. The minimum absolute atomic E-state index is 0.153. The molecule has 0 saturated carbocycles. The molecular weight excluding hydrogens is 362 g/mol. The van der Waals surface area contributed by atoms with Crippen molar-refractivity contribution < 1.29 is 13.2 Å². The molecule has 1 aromatic heterocycles. The molecule has 0 aliphatic heterocycles. The summed E-state index contributed by atoms with van der Waals surface area (Å²) in [5, 5.41) is 5.48. The van der Waals surface area contributed by atoms with Crippen LogP contribution in [0.5, 0.6) is 5.75 Å². The molecule has 6 nitrogen and oxygen atoms in total. The highest BCUT2D eigenvalue weighted by Crippen LogP contribution is 2.34. The molecule has 0 saturated heterocycles. The molecule has 0 N–H and O–H groups in total. The van der Waals surface area contributed by atoms with Gasteiger partial charge in [0.05, 0.1) is 35.8 Å². The summed E-state index contributed by atoms with van der Waals surface area (Å²) in [7, 11) is -0.216. The Hall–Kier alpha value is -2.25. The second kappa shape index (κ2) is 6.57. The molecule has 0 fully saturated rings. The summed E-state index contributed by atoms with van der Waals surface area (Å²) in [5.74, 6) is 1.03. The molecule has 0 radical (unpaired) electrons. The van der Waals surface area contributed by atoms with Crippen LogP contribution in [0.2, 0.25) is 5.02 Å². The van der Waals surface area contributed by atoms with Crippen LogP contribution < -0.4 is 9.04 Å². The van der Waals surface area contributed by atoms with Crippen LogP contribution in [0.25, 0.3) is 10.9 Å². The molecule has 0 spiro atoms. The Kier molecular flexibility index (Phi) is 4.62. The zero-order chi connectivity index (χ0) is 18.2. The van der Waals surface area contributed by atoms with E-state index in [0.29, 0.717) is 22.0 Å². The number of ether oxygens (including phenoxy) is 1. The van der Waals surface area contributed by atoms with Crippen molar-refractivity contribution in [3.8, 4) is 5.75 Å². The molecule has 3 rings (SSSR count). The number of rotatable bonds is 5. The van der Waals surface area contributed by atoms with Crippen LogP contribution in [0.1, 0.15) is 5.56 Å². The van der Waals surface area contributed by atoms with Gasteiger partial charge in [0.2, 0.25) is 10.0 Å². The van der Waals surface area contributed by atoms with Gasteiger partial charge < -0.3 is 4.74 Å². The van der Waals surface area contributed by atoms with Gasteiger partial charge in [-0.1, -0.05) is 29.8 Å². The summed E-state index contributed by atoms with van der Waals surface area (Å²) in [6.07, 6.45) is 1.16. The number of halogens is 1. The standard InChI is InChI=1S/C17H18ClN3O3S/c1-20-15-6-4-5-14(18)16(15)17(19-20)21(25(3,22)23)11-12-7-9-13(24-2)10-8-12/h4-10H,11H2,1-3H3. The van der Waals surface area contributed by atoms with Crippen molar-refractivity contribution in [3.05, 3.63) is 53.1 Å². The van der Waals surface area contributed by atoms with Crippen LogP contribution in [0, 0.1) is 0 Å². The maximum atomic E-state index is 12.4. The average Bonchev–Trinajstić information content (AvgIpc) is 2.90. The Labute approximate surface area is 151 Å². The van der Waals surface area contributed by atoms with E-state index in [9.17, 15) is 8.42 Å². The van der Waals surface area contributed by atoms with E-state index in [0.717, 1.165) is 17.3 Å². The van der Waals surface area contributed by atoms with Gasteiger partial charge in [-0.05, 0) is 29.8 Å². The summed E-state index contributed by atoms with van der Waals surface area (Å²) >= 11 is 6.32. The summed E-state index contributed by atoms with van der Waals surface area (Å²) in [6.45, 7) is 0.153. The highest BCUT2D eigenvalue weighted by molar-refractivity contribution is 7.92. The fraction of sp³-hybridized carbons (Fsp3) is 0.235. The number of fused-ring (bicyclic) bond motifs is 1. The smallest absolute Gasteiger partial charge is 0.233 e. The molecule has 0 aliphatic carbocycles. The van der Waals surface area contributed by atoms with Crippen molar-refractivity contribution in [1.29, 1.82) is 0 Å². The SMILES string of the molecule is COc1ccc(CN(c2nn(C)c3cccc(Cl)c23)S(C)(=O)=O)cc1. The maximum absolute atomic E-state index is 12.4. The summed E-state index contributed by atoms with van der Waals surface area (Å²) in [6, 6.07) is 12.6. The van der Waals surface area contributed by atoms with Gasteiger partial charge in [0.15, 0.2) is 5.82 Å². The molecule has 0 bridgehead atoms. The second-order valence-electron chi connectivity index (χ2n) is 5.70. The number of hydrogen-bond donors (Lipinski definition) is 0. The van der Waals surface area contributed by atoms with Gasteiger partial charge >= 0.3 is 0 Å². The van der Waals surface area contributed by atoms with Crippen molar-refractivity contribution in [2.45, 2.75) is 6.54 Å².